The maximum absolute atomic E-state index is 11.2. The number of benzene rings is 1. The van der Waals surface area contributed by atoms with Crippen molar-refractivity contribution < 1.29 is 9.90 Å². The van der Waals surface area contributed by atoms with Gasteiger partial charge in [0.25, 0.3) is 0 Å². The van der Waals surface area contributed by atoms with Gasteiger partial charge in [-0.15, -0.1) is 5.10 Å². The lowest BCUT2D eigenvalue weighted by atomic mass is 10.2. The van der Waals surface area contributed by atoms with Crippen molar-refractivity contribution in [3.05, 3.63) is 45.7 Å². The van der Waals surface area contributed by atoms with Crippen LogP contribution in [0.5, 0.6) is 0 Å². The fourth-order valence-electron chi connectivity index (χ4n) is 2.16. The molecule has 0 bridgehead atoms. The summed E-state index contributed by atoms with van der Waals surface area (Å²) in [6.45, 7) is 0.547. The van der Waals surface area contributed by atoms with Gasteiger partial charge in [0, 0.05) is 10.4 Å². The molecule has 5 nitrogen and oxygen atoms in total. The van der Waals surface area contributed by atoms with Crippen molar-refractivity contribution in [2.24, 2.45) is 0 Å². The third-order valence-electron chi connectivity index (χ3n) is 3.16. The first-order valence-corrected chi connectivity index (χ1v) is 6.85. The van der Waals surface area contributed by atoms with Crippen molar-refractivity contribution >= 4 is 21.9 Å². The normalized spacial score (nSPS) is 14.6. The van der Waals surface area contributed by atoms with E-state index in [9.17, 15) is 4.79 Å². The van der Waals surface area contributed by atoms with E-state index >= 15 is 0 Å². The summed E-state index contributed by atoms with van der Waals surface area (Å²) in [7, 11) is 0. The molecule has 6 heteroatoms. The molecule has 1 aliphatic rings. The van der Waals surface area contributed by atoms with E-state index < -0.39 is 5.97 Å². The van der Waals surface area contributed by atoms with Crippen molar-refractivity contribution in [2.45, 2.75) is 25.3 Å². The Bertz CT molecular complexity index is 635. The highest BCUT2D eigenvalue weighted by atomic mass is 79.9. The Balaban J connectivity index is 1.94. The van der Waals surface area contributed by atoms with E-state index in [1.807, 2.05) is 24.3 Å². The summed E-state index contributed by atoms with van der Waals surface area (Å²) in [6, 6.07) is 7.89. The standard InChI is InChI=1S/C13H12BrN3O2/c14-10-3-1-2-8(6-10)7-17-12(9-4-5-9)11(13(18)19)15-16-17/h1-3,6,9H,4-5,7H2,(H,18,19). The second-order valence-corrected chi connectivity index (χ2v) is 5.61. The number of carbonyl (C=O) groups is 1. The largest absolute Gasteiger partial charge is 0.476 e. The van der Waals surface area contributed by atoms with Crippen LogP contribution in [0.1, 0.15) is 40.5 Å². The van der Waals surface area contributed by atoms with E-state index in [0.717, 1.165) is 28.6 Å². The van der Waals surface area contributed by atoms with Gasteiger partial charge in [0.05, 0.1) is 12.2 Å². The summed E-state index contributed by atoms with van der Waals surface area (Å²) in [5, 5.41) is 16.9. The topological polar surface area (TPSA) is 68.0 Å². The Labute approximate surface area is 118 Å². The van der Waals surface area contributed by atoms with E-state index in [1.165, 1.54) is 0 Å². The van der Waals surface area contributed by atoms with Crippen molar-refractivity contribution in [3.8, 4) is 0 Å². The van der Waals surface area contributed by atoms with Crippen molar-refractivity contribution in [2.75, 3.05) is 0 Å². The Kier molecular flexibility index (Phi) is 3.10. The third kappa shape index (κ3) is 2.53. The van der Waals surface area contributed by atoms with Gasteiger partial charge in [-0.1, -0.05) is 33.3 Å². The molecule has 3 rings (SSSR count). The molecule has 0 atom stereocenters. The second-order valence-electron chi connectivity index (χ2n) is 4.69. The first-order chi connectivity index (χ1) is 9.15. The van der Waals surface area contributed by atoms with Gasteiger partial charge in [0.2, 0.25) is 0 Å². The maximum Gasteiger partial charge on any atom is 0.358 e. The fourth-order valence-corrected chi connectivity index (χ4v) is 2.61. The predicted octanol–water partition coefficient (Wildman–Crippen LogP) is 2.66. The zero-order chi connectivity index (χ0) is 13.4. The van der Waals surface area contributed by atoms with Crippen LogP contribution in [-0.4, -0.2) is 26.1 Å². The lowest BCUT2D eigenvalue weighted by Gasteiger charge is -2.06. The summed E-state index contributed by atoms with van der Waals surface area (Å²) in [6.07, 6.45) is 2.04. The van der Waals surface area contributed by atoms with Crippen LogP contribution in [0.2, 0.25) is 0 Å². The van der Waals surface area contributed by atoms with Gasteiger partial charge in [-0.25, -0.2) is 9.48 Å². The van der Waals surface area contributed by atoms with Crippen molar-refractivity contribution in [3.63, 3.8) is 0 Å². The minimum absolute atomic E-state index is 0.0949. The predicted molar refractivity (Wildman–Crippen MR) is 72.2 cm³/mol. The van der Waals surface area contributed by atoms with Crippen LogP contribution < -0.4 is 0 Å². The molecule has 98 valence electrons. The molecule has 1 heterocycles. The number of halogens is 1. The van der Waals surface area contributed by atoms with Crippen LogP contribution in [0, 0.1) is 0 Å². The number of carboxylic acids is 1. The Hall–Kier alpha value is -1.69. The molecule has 0 unspecified atom stereocenters. The van der Waals surface area contributed by atoms with E-state index in [2.05, 4.69) is 26.2 Å². The van der Waals surface area contributed by atoms with E-state index in [4.69, 9.17) is 5.11 Å². The van der Waals surface area contributed by atoms with E-state index in [-0.39, 0.29) is 5.69 Å². The van der Waals surface area contributed by atoms with Crippen LogP contribution in [0.4, 0.5) is 0 Å². The highest BCUT2D eigenvalue weighted by molar-refractivity contribution is 9.10. The molecule has 1 fully saturated rings. The highest BCUT2D eigenvalue weighted by Gasteiger charge is 2.33. The summed E-state index contributed by atoms with van der Waals surface area (Å²) < 4.78 is 2.71. The molecule has 0 saturated heterocycles. The van der Waals surface area contributed by atoms with Crippen LogP contribution >= 0.6 is 15.9 Å². The molecule has 1 aliphatic carbocycles. The highest BCUT2D eigenvalue weighted by Crippen LogP contribution is 2.41. The molecule has 0 radical (unpaired) electrons. The molecule has 19 heavy (non-hydrogen) atoms. The van der Waals surface area contributed by atoms with Crippen molar-refractivity contribution in [1.82, 2.24) is 15.0 Å². The van der Waals surface area contributed by atoms with Gasteiger partial charge in [-0.05, 0) is 30.5 Å². The zero-order valence-electron chi connectivity index (χ0n) is 10.1. The first kappa shape index (κ1) is 12.3. The minimum Gasteiger partial charge on any atom is -0.476 e. The maximum atomic E-state index is 11.2. The number of nitrogens with zero attached hydrogens (tertiary/aromatic N) is 3. The lowest BCUT2D eigenvalue weighted by Crippen LogP contribution is -2.08. The van der Waals surface area contributed by atoms with Crippen molar-refractivity contribution in [1.29, 1.82) is 0 Å². The lowest BCUT2D eigenvalue weighted by molar-refractivity contribution is 0.0689. The van der Waals surface area contributed by atoms with Crippen LogP contribution in [0.15, 0.2) is 28.7 Å². The molecular weight excluding hydrogens is 310 g/mol. The number of hydrogen-bond acceptors (Lipinski definition) is 3. The van der Waals surface area contributed by atoms with Gasteiger partial charge in [0.15, 0.2) is 5.69 Å². The summed E-state index contributed by atoms with van der Waals surface area (Å²) in [4.78, 5) is 11.2. The van der Waals surface area contributed by atoms with Crippen LogP contribution in [0.3, 0.4) is 0 Å². The number of aromatic nitrogens is 3. The van der Waals surface area contributed by atoms with E-state index in [0.29, 0.717) is 12.5 Å². The zero-order valence-corrected chi connectivity index (χ0v) is 11.7. The third-order valence-corrected chi connectivity index (χ3v) is 3.65. The molecule has 1 saturated carbocycles. The van der Waals surface area contributed by atoms with Crippen LogP contribution in [-0.2, 0) is 6.54 Å². The number of hydrogen-bond donors (Lipinski definition) is 1. The number of aromatic carboxylic acids is 1. The fraction of sp³-hybridized carbons (Fsp3) is 0.308. The van der Waals surface area contributed by atoms with Gasteiger partial charge in [-0.3, -0.25) is 0 Å². The number of rotatable bonds is 4. The summed E-state index contributed by atoms with van der Waals surface area (Å²) >= 11 is 3.42. The molecular formula is C13H12BrN3O2. The second kappa shape index (κ2) is 4.77. The van der Waals surface area contributed by atoms with Gasteiger partial charge in [0.1, 0.15) is 0 Å². The average molecular weight is 322 g/mol. The summed E-state index contributed by atoms with van der Waals surface area (Å²) in [5.74, 6) is -0.698. The van der Waals surface area contributed by atoms with Gasteiger partial charge in [-0.2, -0.15) is 0 Å². The molecule has 1 aromatic heterocycles. The SMILES string of the molecule is O=C(O)c1nnn(Cc2cccc(Br)c2)c1C1CC1. The van der Waals surface area contributed by atoms with Gasteiger partial charge >= 0.3 is 5.97 Å². The Morgan fingerprint density at radius 2 is 2.26 bits per heavy atom. The molecule has 0 aliphatic heterocycles. The number of carboxylic acid groups (broad SMARTS) is 1. The average Bonchev–Trinajstić information content (AvgIpc) is 3.11. The minimum atomic E-state index is -0.998. The molecule has 0 amide bonds. The summed E-state index contributed by atoms with van der Waals surface area (Å²) in [5.41, 5.74) is 1.92. The quantitative estimate of drug-likeness (QED) is 0.940. The van der Waals surface area contributed by atoms with E-state index in [1.54, 1.807) is 4.68 Å². The monoisotopic (exact) mass is 321 g/mol. The first-order valence-electron chi connectivity index (χ1n) is 6.06. The molecule has 1 aromatic carbocycles. The Morgan fingerprint density at radius 1 is 1.47 bits per heavy atom. The smallest absolute Gasteiger partial charge is 0.358 e. The Morgan fingerprint density at radius 3 is 2.89 bits per heavy atom. The van der Waals surface area contributed by atoms with Gasteiger partial charge < -0.3 is 5.11 Å². The molecule has 0 spiro atoms. The van der Waals surface area contributed by atoms with Crippen LogP contribution in [0.25, 0.3) is 0 Å². The molecule has 2 aromatic rings. The molecule has 1 N–H and O–H groups in total.